The van der Waals surface area contributed by atoms with Crippen LogP contribution in [-0.4, -0.2) is 25.2 Å². The minimum Gasteiger partial charge on any atom is -0.211 e. The normalized spacial score (nSPS) is 12.5. The molecule has 0 N–H and O–H groups in total. The van der Waals surface area contributed by atoms with E-state index in [1.165, 1.54) is 6.08 Å². The molecule has 4 heteroatoms. The second-order valence-electron chi connectivity index (χ2n) is 4.82. The van der Waals surface area contributed by atoms with E-state index in [9.17, 15) is 9.59 Å². The molecule has 0 saturated carbocycles. The molecule has 15 heavy (non-hydrogen) atoms. The first-order valence-corrected chi connectivity index (χ1v) is 5.07. The molecule has 0 aliphatic rings. The molecular formula is C11H18N2O2. The molecule has 0 saturated heterocycles. The number of nitrogens with zero attached hydrogens (tertiary/aromatic N) is 2. The van der Waals surface area contributed by atoms with E-state index >= 15 is 0 Å². The fourth-order valence-electron chi connectivity index (χ4n) is 1.58. The summed E-state index contributed by atoms with van der Waals surface area (Å²) in [6.45, 7) is 7.32. The lowest BCUT2D eigenvalue weighted by molar-refractivity contribution is 0.289. The highest BCUT2D eigenvalue weighted by Gasteiger charge is 2.18. The number of aliphatic imine (C=N–C) groups is 2. The van der Waals surface area contributed by atoms with Gasteiger partial charge < -0.3 is 0 Å². The zero-order valence-electron chi connectivity index (χ0n) is 9.62. The van der Waals surface area contributed by atoms with Crippen LogP contribution in [0, 0.1) is 11.3 Å². The molecule has 0 aliphatic carbocycles. The number of hydrogen-bond donors (Lipinski definition) is 0. The Hall–Kier alpha value is -1.24. The molecule has 4 nitrogen and oxygen atoms in total. The Balaban J connectivity index is 4.17. The third-order valence-corrected chi connectivity index (χ3v) is 2.03. The van der Waals surface area contributed by atoms with Crippen molar-refractivity contribution >= 4 is 12.2 Å². The van der Waals surface area contributed by atoms with Crippen LogP contribution >= 0.6 is 0 Å². The van der Waals surface area contributed by atoms with Crippen molar-refractivity contribution in [1.29, 1.82) is 0 Å². The van der Waals surface area contributed by atoms with Gasteiger partial charge in [0.05, 0.1) is 13.1 Å². The van der Waals surface area contributed by atoms with Gasteiger partial charge in [0, 0.05) is 0 Å². The van der Waals surface area contributed by atoms with Gasteiger partial charge >= 0.3 is 0 Å². The van der Waals surface area contributed by atoms with Gasteiger partial charge in [0.25, 0.3) is 0 Å². The van der Waals surface area contributed by atoms with E-state index in [1.54, 1.807) is 6.08 Å². The Morgan fingerprint density at radius 3 is 2.20 bits per heavy atom. The lowest BCUT2D eigenvalue weighted by atomic mass is 9.83. The van der Waals surface area contributed by atoms with Crippen LogP contribution in [0.5, 0.6) is 0 Å². The van der Waals surface area contributed by atoms with E-state index in [1.807, 2.05) is 0 Å². The SMILES string of the molecule is CC(C)(C)CC(CCN=C=O)CN=C=O. The predicted octanol–water partition coefficient (Wildman–Crippen LogP) is 2.10. The van der Waals surface area contributed by atoms with Crippen molar-refractivity contribution < 1.29 is 9.59 Å². The van der Waals surface area contributed by atoms with Gasteiger partial charge in [-0.3, -0.25) is 0 Å². The van der Waals surface area contributed by atoms with Crippen LogP contribution in [0.3, 0.4) is 0 Å². The maximum absolute atomic E-state index is 10.0. The largest absolute Gasteiger partial charge is 0.234 e. The van der Waals surface area contributed by atoms with Crippen LogP contribution in [-0.2, 0) is 9.59 Å². The van der Waals surface area contributed by atoms with Gasteiger partial charge in [0.2, 0.25) is 12.2 Å². The third kappa shape index (κ3) is 9.07. The first kappa shape index (κ1) is 13.8. The average Bonchev–Trinajstić information content (AvgIpc) is 2.12. The number of rotatable bonds is 6. The minimum atomic E-state index is 0.188. The van der Waals surface area contributed by atoms with Gasteiger partial charge in [0.15, 0.2) is 0 Å². The first-order valence-electron chi connectivity index (χ1n) is 5.07. The van der Waals surface area contributed by atoms with Gasteiger partial charge in [-0.2, -0.15) is 0 Å². The molecule has 84 valence electrons. The van der Waals surface area contributed by atoms with Gasteiger partial charge in [-0.1, -0.05) is 20.8 Å². The van der Waals surface area contributed by atoms with E-state index in [0.717, 1.165) is 12.8 Å². The maximum Gasteiger partial charge on any atom is 0.234 e. The molecule has 0 rings (SSSR count). The summed E-state index contributed by atoms with van der Waals surface area (Å²) in [4.78, 5) is 27.0. The summed E-state index contributed by atoms with van der Waals surface area (Å²) in [5.74, 6) is 0.281. The number of isocyanates is 2. The monoisotopic (exact) mass is 210 g/mol. The molecule has 0 aromatic heterocycles. The molecule has 0 spiro atoms. The van der Waals surface area contributed by atoms with Crippen molar-refractivity contribution in [3.63, 3.8) is 0 Å². The highest BCUT2D eigenvalue weighted by atomic mass is 16.1. The summed E-state index contributed by atoms with van der Waals surface area (Å²) in [6, 6.07) is 0. The summed E-state index contributed by atoms with van der Waals surface area (Å²) >= 11 is 0. The molecule has 0 aliphatic heterocycles. The zero-order valence-corrected chi connectivity index (χ0v) is 9.62. The van der Waals surface area contributed by atoms with Crippen LogP contribution in [0.2, 0.25) is 0 Å². The maximum atomic E-state index is 10.0. The Morgan fingerprint density at radius 2 is 1.73 bits per heavy atom. The molecule has 0 amide bonds. The summed E-state index contributed by atoms with van der Waals surface area (Å²) in [7, 11) is 0. The molecule has 0 bridgehead atoms. The number of hydrogen-bond acceptors (Lipinski definition) is 4. The van der Waals surface area contributed by atoms with E-state index in [4.69, 9.17) is 0 Å². The van der Waals surface area contributed by atoms with Crippen molar-refractivity contribution in [3.8, 4) is 0 Å². The van der Waals surface area contributed by atoms with Gasteiger partial charge in [-0.05, 0) is 24.2 Å². The molecule has 1 unspecified atom stereocenters. The standard InChI is InChI=1S/C11H18N2O2/c1-11(2,3)6-10(7-13-9-15)4-5-12-8-14/h10H,4-7H2,1-3H3. The van der Waals surface area contributed by atoms with Crippen molar-refractivity contribution in [2.45, 2.75) is 33.6 Å². The molecule has 0 radical (unpaired) electrons. The summed E-state index contributed by atoms with van der Waals surface area (Å²) in [5, 5.41) is 0. The third-order valence-electron chi connectivity index (χ3n) is 2.03. The Labute approximate surface area is 90.5 Å². The summed E-state index contributed by atoms with van der Waals surface area (Å²) in [6.07, 6.45) is 4.76. The molecule has 0 heterocycles. The first-order chi connectivity index (χ1) is 6.99. The quantitative estimate of drug-likeness (QED) is 0.498. The lowest BCUT2D eigenvalue weighted by Gasteiger charge is -2.23. The van der Waals surface area contributed by atoms with Crippen LogP contribution in [0.1, 0.15) is 33.6 Å². The van der Waals surface area contributed by atoms with Gasteiger partial charge in [-0.15, -0.1) is 0 Å². The Kier molecular flexibility index (Phi) is 6.52. The molecule has 0 fully saturated rings. The fourth-order valence-corrected chi connectivity index (χ4v) is 1.58. The minimum absolute atomic E-state index is 0.188. The van der Waals surface area contributed by atoms with Crippen LogP contribution in [0.4, 0.5) is 0 Å². The van der Waals surface area contributed by atoms with Crippen LogP contribution in [0.15, 0.2) is 9.98 Å². The number of carbonyl (C=O) groups excluding carboxylic acids is 2. The smallest absolute Gasteiger partial charge is 0.211 e. The van der Waals surface area contributed by atoms with E-state index in [-0.39, 0.29) is 11.3 Å². The highest BCUT2D eigenvalue weighted by molar-refractivity contribution is 5.33. The van der Waals surface area contributed by atoms with Crippen molar-refractivity contribution in [2.75, 3.05) is 13.1 Å². The van der Waals surface area contributed by atoms with Gasteiger partial charge in [-0.25, -0.2) is 19.6 Å². The zero-order chi connectivity index (χ0) is 11.7. The van der Waals surface area contributed by atoms with Crippen molar-refractivity contribution in [2.24, 2.45) is 21.3 Å². The van der Waals surface area contributed by atoms with E-state index in [2.05, 4.69) is 30.8 Å². The summed E-state index contributed by atoms with van der Waals surface area (Å²) < 4.78 is 0. The van der Waals surface area contributed by atoms with E-state index in [0.29, 0.717) is 13.1 Å². The highest BCUT2D eigenvalue weighted by Crippen LogP contribution is 2.26. The summed E-state index contributed by atoms with van der Waals surface area (Å²) in [5.41, 5.74) is 0.188. The lowest BCUT2D eigenvalue weighted by Crippen LogP contribution is -2.16. The van der Waals surface area contributed by atoms with Crippen LogP contribution in [0.25, 0.3) is 0 Å². The fraction of sp³-hybridized carbons (Fsp3) is 0.818. The molecule has 0 aromatic carbocycles. The van der Waals surface area contributed by atoms with Crippen LogP contribution < -0.4 is 0 Å². The second-order valence-corrected chi connectivity index (χ2v) is 4.82. The van der Waals surface area contributed by atoms with Crippen molar-refractivity contribution in [3.05, 3.63) is 0 Å². The van der Waals surface area contributed by atoms with Crippen molar-refractivity contribution in [1.82, 2.24) is 0 Å². The Morgan fingerprint density at radius 1 is 1.13 bits per heavy atom. The van der Waals surface area contributed by atoms with Gasteiger partial charge in [0.1, 0.15) is 0 Å². The molecular weight excluding hydrogens is 192 g/mol. The second kappa shape index (κ2) is 7.10. The molecule has 1 atom stereocenters. The van der Waals surface area contributed by atoms with E-state index < -0.39 is 0 Å². The predicted molar refractivity (Wildman–Crippen MR) is 58.2 cm³/mol. The topological polar surface area (TPSA) is 58.9 Å². The Bertz CT molecular complexity index is 269. The molecule has 0 aromatic rings. The average molecular weight is 210 g/mol.